The second-order valence-electron chi connectivity index (χ2n) is 5.19. The van der Waals surface area contributed by atoms with Gasteiger partial charge in [-0.25, -0.2) is 0 Å². The van der Waals surface area contributed by atoms with Gasteiger partial charge >= 0.3 is 0 Å². The molecule has 0 spiro atoms. The summed E-state index contributed by atoms with van der Waals surface area (Å²) in [6.07, 6.45) is 1.31. The minimum atomic E-state index is -0.547. The van der Waals surface area contributed by atoms with E-state index in [-0.39, 0.29) is 42.1 Å². The summed E-state index contributed by atoms with van der Waals surface area (Å²) < 4.78 is 5.74. The predicted molar refractivity (Wildman–Crippen MR) is 75.8 cm³/mol. The number of carbonyl (C=O) groups is 2. The first-order valence-electron chi connectivity index (χ1n) is 7.04. The summed E-state index contributed by atoms with van der Waals surface area (Å²) in [7, 11) is 0. The molecule has 116 valence electrons. The predicted octanol–water partition coefficient (Wildman–Crippen LogP) is 0.843. The summed E-state index contributed by atoms with van der Waals surface area (Å²) in [5, 5.41) is 15.1. The highest BCUT2D eigenvalue weighted by Crippen LogP contribution is 2.36. The normalized spacial score (nSPS) is 19.2. The number of fused-ring (bicyclic) bond motifs is 2. The summed E-state index contributed by atoms with van der Waals surface area (Å²) >= 11 is 0. The van der Waals surface area contributed by atoms with Gasteiger partial charge < -0.3 is 20.1 Å². The van der Waals surface area contributed by atoms with E-state index in [1.165, 1.54) is 12.1 Å². The number of aromatic hydroxyl groups is 1. The Hall–Kier alpha value is -2.64. The van der Waals surface area contributed by atoms with Crippen molar-refractivity contribution in [3.05, 3.63) is 28.2 Å². The van der Waals surface area contributed by atoms with Crippen molar-refractivity contribution in [1.29, 1.82) is 0 Å². The molecule has 22 heavy (non-hydrogen) atoms. The Morgan fingerprint density at radius 2 is 2.32 bits per heavy atom. The van der Waals surface area contributed by atoms with E-state index in [0.29, 0.717) is 12.3 Å². The molecule has 8 nitrogen and oxygen atoms in total. The maximum atomic E-state index is 12.3. The van der Waals surface area contributed by atoms with Gasteiger partial charge in [-0.1, -0.05) is 5.18 Å². The van der Waals surface area contributed by atoms with Gasteiger partial charge in [0.05, 0.1) is 17.7 Å². The molecule has 1 unspecified atom stereocenters. The Kier molecular flexibility index (Phi) is 3.66. The third kappa shape index (κ3) is 2.36. The highest BCUT2D eigenvalue weighted by atomic mass is 16.5. The molecule has 1 fully saturated rings. The van der Waals surface area contributed by atoms with E-state index in [2.05, 4.69) is 10.5 Å². The maximum absolute atomic E-state index is 12.3. The van der Waals surface area contributed by atoms with Crippen LogP contribution in [0, 0.1) is 4.91 Å². The van der Waals surface area contributed by atoms with Gasteiger partial charge in [-0.15, -0.1) is 0 Å². The minimum absolute atomic E-state index is 0.00361. The highest BCUT2D eigenvalue weighted by Gasteiger charge is 2.38. The second kappa shape index (κ2) is 5.63. The lowest BCUT2D eigenvalue weighted by Gasteiger charge is -2.31. The van der Waals surface area contributed by atoms with E-state index in [1.807, 2.05) is 0 Å². The van der Waals surface area contributed by atoms with Crippen LogP contribution in [-0.2, 0) is 0 Å². The summed E-state index contributed by atoms with van der Waals surface area (Å²) in [4.78, 5) is 35.9. The van der Waals surface area contributed by atoms with Crippen molar-refractivity contribution in [3.8, 4) is 11.5 Å². The molecule has 1 atom stereocenters. The van der Waals surface area contributed by atoms with E-state index in [1.54, 1.807) is 4.90 Å². The number of nitrogens with one attached hydrogen (secondary N) is 1. The Morgan fingerprint density at radius 3 is 3.09 bits per heavy atom. The first-order valence-corrected chi connectivity index (χ1v) is 7.04. The van der Waals surface area contributed by atoms with E-state index >= 15 is 0 Å². The molecular formula is C14H15N3O5. The van der Waals surface area contributed by atoms with Gasteiger partial charge in [-0.2, -0.15) is 4.91 Å². The molecule has 2 N–H and O–H groups in total. The van der Waals surface area contributed by atoms with E-state index in [0.717, 1.165) is 12.8 Å². The number of carbonyl (C=O) groups excluding carboxylic acids is 2. The SMILES string of the molecule is O=NCCNC(=O)c1cc2c(cc1O)C(=O)N1CCCC1O2. The first-order chi connectivity index (χ1) is 10.6. The van der Waals surface area contributed by atoms with Crippen molar-refractivity contribution in [1.82, 2.24) is 10.2 Å². The van der Waals surface area contributed by atoms with Crippen molar-refractivity contribution in [2.75, 3.05) is 19.6 Å². The van der Waals surface area contributed by atoms with Crippen LogP contribution in [0.2, 0.25) is 0 Å². The monoisotopic (exact) mass is 305 g/mol. The lowest BCUT2D eigenvalue weighted by molar-refractivity contribution is 0.0292. The average Bonchev–Trinajstić information content (AvgIpc) is 2.96. The standard InChI is InChI=1S/C14H15N3O5/c18-10-6-9-11(7-8(10)13(19)15-3-4-16-21)22-12-2-1-5-17(12)14(9)20/h6-7,12,18H,1-5H2,(H,15,19). The summed E-state index contributed by atoms with van der Waals surface area (Å²) in [5.41, 5.74) is 0.255. The number of amides is 2. The van der Waals surface area contributed by atoms with Crippen LogP contribution in [0.3, 0.4) is 0 Å². The lowest BCUT2D eigenvalue weighted by atomic mass is 10.1. The van der Waals surface area contributed by atoms with Crippen LogP contribution in [0.15, 0.2) is 17.3 Å². The van der Waals surface area contributed by atoms with Crippen LogP contribution in [0.1, 0.15) is 33.6 Å². The topological polar surface area (TPSA) is 108 Å². The van der Waals surface area contributed by atoms with Crippen molar-refractivity contribution >= 4 is 11.8 Å². The molecule has 8 heteroatoms. The number of hydrogen-bond acceptors (Lipinski definition) is 6. The summed E-state index contributed by atoms with van der Waals surface area (Å²) in [5.74, 6) is -0.750. The number of ether oxygens (including phenoxy) is 1. The largest absolute Gasteiger partial charge is 0.507 e. The number of hydrogen-bond donors (Lipinski definition) is 2. The minimum Gasteiger partial charge on any atom is -0.507 e. The molecule has 2 aliphatic heterocycles. The Bertz CT molecular complexity index is 646. The smallest absolute Gasteiger partial charge is 0.260 e. The second-order valence-corrected chi connectivity index (χ2v) is 5.19. The molecule has 1 aromatic rings. The van der Waals surface area contributed by atoms with Crippen LogP contribution < -0.4 is 10.1 Å². The highest BCUT2D eigenvalue weighted by molar-refractivity contribution is 6.03. The molecule has 2 heterocycles. The van der Waals surface area contributed by atoms with Crippen LogP contribution in [0.25, 0.3) is 0 Å². The quantitative estimate of drug-likeness (QED) is 0.633. The third-order valence-corrected chi connectivity index (χ3v) is 3.78. The molecule has 0 aliphatic carbocycles. The van der Waals surface area contributed by atoms with E-state index in [4.69, 9.17) is 4.74 Å². The van der Waals surface area contributed by atoms with Crippen LogP contribution >= 0.6 is 0 Å². The van der Waals surface area contributed by atoms with Gasteiger partial charge in [0.2, 0.25) is 0 Å². The zero-order valence-corrected chi connectivity index (χ0v) is 11.7. The van der Waals surface area contributed by atoms with Gasteiger partial charge in [0, 0.05) is 19.5 Å². The molecule has 2 amide bonds. The zero-order chi connectivity index (χ0) is 15.7. The van der Waals surface area contributed by atoms with Gasteiger partial charge in [0.1, 0.15) is 11.5 Å². The lowest BCUT2D eigenvalue weighted by Crippen LogP contribution is -2.43. The maximum Gasteiger partial charge on any atom is 0.260 e. The zero-order valence-electron chi connectivity index (χ0n) is 11.7. The number of rotatable bonds is 4. The third-order valence-electron chi connectivity index (χ3n) is 3.78. The fourth-order valence-electron chi connectivity index (χ4n) is 2.72. The Morgan fingerprint density at radius 1 is 1.50 bits per heavy atom. The molecule has 0 radical (unpaired) electrons. The van der Waals surface area contributed by atoms with Crippen molar-refractivity contribution in [2.45, 2.75) is 19.1 Å². The number of benzene rings is 1. The van der Waals surface area contributed by atoms with Crippen molar-refractivity contribution in [2.24, 2.45) is 5.18 Å². The number of nitroso groups, excluding NO2 is 1. The van der Waals surface area contributed by atoms with Crippen LogP contribution in [0.5, 0.6) is 11.5 Å². The van der Waals surface area contributed by atoms with Gasteiger partial charge in [-0.05, 0) is 18.6 Å². The number of phenols is 1. The van der Waals surface area contributed by atoms with Gasteiger partial charge in [0.25, 0.3) is 11.8 Å². The summed E-state index contributed by atoms with van der Waals surface area (Å²) in [6.45, 7) is 0.656. The van der Waals surface area contributed by atoms with Crippen LogP contribution in [0.4, 0.5) is 0 Å². The molecule has 1 aromatic carbocycles. The first kappa shape index (κ1) is 14.3. The van der Waals surface area contributed by atoms with E-state index < -0.39 is 5.91 Å². The van der Waals surface area contributed by atoms with Crippen molar-refractivity contribution < 1.29 is 19.4 Å². The molecule has 3 rings (SSSR count). The molecule has 2 aliphatic rings. The van der Waals surface area contributed by atoms with Gasteiger partial charge in [0.15, 0.2) is 6.23 Å². The Labute approximate surface area is 126 Å². The number of nitrogens with zero attached hydrogens (tertiary/aromatic N) is 2. The molecular weight excluding hydrogens is 290 g/mol. The van der Waals surface area contributed by atoms with Crippen molar-refractivity contribution in [3.63, 3.8) is 0 Å². The fourth-order valence-corrected chi connectivity index (χ4v) is 2.72. The van der Waals surface area contributed by atoms with E-state index in [9.17, 15) is 19.6 Å². The molecule has 0 aromatic heterocycles. The Balaban J connectivity index is 1.88. The fraction of sp³-hybridized carbons (Fsp3) is 0.429. The number of phenolic OH excluding ortho intramolecular Hbond substituents is 1. The molecule has 0 saturated carbocycles. The van der Waals surface area contributed by atoms with Crippen LogP contribution in [-0.4, -0.2) is 47.7 Å². The summed E-state index contributed by atoms with van der Waals surface area (Å²) in [6, 6.07) is 2.61. The molecule has 0 bridgehead atoms. The van der Waals surface area contributed by atoms with Gasteiger partial charge in [-0.3, -0.25) is 9.59 Å². The average molecular weight is 305 g/mol. The molecule has 1 saturated heterocycles.